The molecule has 4 rings (SSSR count). The van der Waals surface area contributed by atoms with E-state index in [-0.39, 0.29) is 23.7 Å². The van der Waals surface area contributed by atoms with E-state index in [4.69, 9.17) is 23.7 Å². The molecule has 0 N–H and O–H groups in total. The molecule has 0 bridgehead atoms. The maximum absolute atomic E-state index is 13.6. The molecule has 11 heteroatoms. The van der Waals surface area contributed by atoms with Crippen molar-refractivity contribution in [3.8, 4) is 23.0 Å². The van der Waals surface area contributed by atoms with Gasteiger partial charge in [-0.05, 0) is 42.0 Å². The standard InChI is InChI=1S/C25H26N2O8S/c1-31-16-8-6-15(7-9-16)27-20(28)12-17(14-10-18(32-2)22(35-5)19(11-14)33-3)23-24(27)26(25(30)36-23)13-21(29)34-4/h6-11,17H,12-13H2,1-5H3/t17-/m0/s1. The number of esters is 1. The maximum atomic E-state index is 13.6. The van der Waals surface area contributed by atoms with Gasteiger partial charge >= 0.3 is 10.8 Å². The summed E-state index contributed by atoms with van der Waals surface area (Å²) in [5, 5.41) is 0. The Hall–Kier alpha value is -3.99. The van der Waals surface area contributed by atoms with Gasteiger partial charge in [0.15, 0.2) is 11.5 Å². The number of methoxy groups -OCH3 is 5. The normalized spacial score (nSPS) is 14.8. The summed E-state index contributed by atoms with van der Waals surface area (Å²) in [4.78, 5) is 40.6. The van der Waals surface area contributed by atoms with Gasteiger partial charge < -0.3 is 23.7 Å². The Labute approximate surface area is 211 Å². The highest BCUT2D eigenvalue weighted by Gasteiger charge is 2.39. The Morgan fingerprint density at radius 3 is 2.11 bits per heavy atom. The van der Waals surface area contributed by atoms with Gasteiger partial charge in [-0.25, -0.2) is 0 Å². The third-order valence-corrected chi connectivity index (χ3v) is 7.07. The van der Waals surface area contributed by atoms with Gasteiger partial charge in [0.05, 0.1) is 46.1 Å². The van der Waals surface area contributed by atoms with Gasteiger partial charge in [0.25, 0.3) is 0 Å². The van der Waals surface area contributed by atoms with E-state index in [1.54, 1.807) is 43.5 Å². The zero-order valence-electron chi connectivity index (χ0n) is 20.5. The highest BCUT2D eigenvalue weighted by Crippen LogP contribution is 2.48. The summed E-state index contributed by atoms with van der Waals surface area (Å²) in [6.45, 7) is -0.330. The van der Waals surface area contributed by atoms with Crippen LogP contribution >= 0.6 is 11.3 Å². The number of carbonyl (C=O) groups excluding carboxylic acids is 2. The van der Waals surface area contributed by atoms with Gasteiger partial charge in [-0.3, -0.25) is 23.9 Å². The predicted octanol–water partition coefficient (Wildman–Crippen LogP) is 3.32. The molecule has 1 aromatic heterocycles. The summed E-state index contributed by atoms with van der Waals surface area (Å²) in [6, 6.07) is 10.4. The minimum Gasteiger partial charge on any atom is -0.497 e. The number of aromatic nitrogens is 1. The lowest BCUT2D eigenvalue weighted by Crippen LogP contribution is -2.36. The minimum absolute atomic E-state index is 0.0792. The highest BCUT2D eigenvalue weighted by atomic mass is 32.1. The van der Waals surface area contributed by atoms with Crippen molar-refractivity contribution in [3.63, 3.8) is 0 Å². The average Bonchev–Trinajstić information content (AvgIpc) is 3.22. The van der Waals surface area contributed by atoms with E-state index in [2.05, 4.69) is 0 Å². The quantitative estimate of drug-likeness (QED) is 0.422. The van der Waals surface area contributed by atoms with Gasteiger partial charge in [0.2, 0.25) is 11.7 Å². The van der Waals surface area contributed by atoms with Crippen LogP contribution in [0.2, 0.25) is 0 Å². The molecule has 0 fully saturated rings. The monoisotopic (exact) mass is 514 g/mol. The first kappa shape index (κ1) is 25.1. The van der Waals surface area contributed by atoms with E-state index in [0.717, 1.165) is 11.3 Å². The molecular weight excluding hydrogens is 488 g/mol. The number of rotatable bonds is 8. The summed E-state index contributed by atoms with van der Waals surface area (Å²) >= 11 is 0.985. The van der Waals surface area contributed by atoms with Gasteiger partial charge in [-0.2, -0.15) is 0 Å². The van der Waals surface area contributed by atoms with Crippen molar-refractivity contribution in [2.24, 2.45) is 0 Å². The van der Waals surface area contributed by atoms with E-state index in [1.165, 1.54) is 37.9 Å². The van der Waals surface area contributed by atoms with E-state index in [9.17, 15) is 14.4 Å². The van der Waals surface area contributed by atoms with E-state index in [1.807, 2.05) is 0 Å². The molecule has 0 saturated heterocycles. The Bertz CT molecular complexity index is 1320. The van der Waals surface area contributed by atoms with Crippen LogP contribution in [0, 0.1) is 0 Å². The van der Waals surface area contributed by atoms with Crippen molar-refractivity contribution < 1.29 is 33.3 Å². The molecule has 2 aromatic carbocycles. The molecule has 3 aromatic rings. The number of thiazole rings is 1. The van der Waals surface area contributed by atoms with Crippen molar-refractivity contribution in [2.45, 2.75) is 18.9 Å². The number of fused-ring (bicyclic) bond motifs is 1. The smallest absolute Gasteiger partial charge is 0.325 e. The molecule has 10 nitrogen and oxygen atoms in total. The molecule has 190 valence electrons. The molecule has 0 spiro atoms. The fourth-order valence-corrected chi connectivity index (χ4v) is 5.36. The number of nitrogens with zero attached hydrogens (tertiary/aromatic N) is 2. The molecular formula is C25H26N2O8S. The molecule has 1 amide bonds. The third kappa shape index (κ3) is 4.37. The van der Waals surface area contributed by atoms with Crippen molar-refractivity contribution in [1.82, 2.24) is 4.57 Å². The number of amides is 1. The molecule has 0 unspecified atom stereocenters. The Balaban J connectivity index is 1.93. The number of anilines is 2. The van der Waals surface area contributed by atoms with E-state index in [0.29, 0.717) is 44.9 Å². The number of benzene rings is 2. The molecule has 0 saturated carbocycles. The minimum atomic E-state index is -0.602. The summed E-state index contributed by atoms with van der Waals surface area (Å²) in [6.07, 6.45) is 0.0792. The molecule has 0 aliphatic carbocycles. The summed E-state index contributed by atoms with van der Waals surface area (Å²) in [7, 11) is 7.32. The predicted molar refractivity (Wildman–Crippen MR) is 133 cm³/mol. The molecule has 36 heavy (non-hydrogen) atoms. The zero-order valence-corrected chi connectivity index (χ0v) is 21.3. The van der Waals surface area contributed by atoms with Crippen LogP contribution in [0.3, 0.4) is 0 Å². The van der Waals surface area contributed by atoms with Crippen LogP contribution in [0.15, 0.2) is 41.2 Å². The van der Waals surface area contributed by atoms with Gasteiger partial charge in [0, 0.05) is 12.3 Å². The van der Waals surface area contributed by atoms with Gasteiger partial charge in [-0.15, -0.1) is 0 Å². The summed E-state index contributed by atoms with van der Waals surface area (Å²) in [5.41, 5.74) is 1.25. The SMILES string of the molecule is COC(=O)Cn1c2c(sc1=O)[C@H](c1cc(OC)c(OC)c(OC)c1)CC(=O)N2c1ccc(OC)cc1. The van der Waals surface area contributed by atoms with E-state index >= 15 is 0 Å². The van der Waals surface area contributed by atoms with Crippen LogP contribution in [-0.4, -0.2) is 52.0 Å². The first-order valence-corrected chi connectivity index (χ1v) is 11.8. The lowest BCUT2D eigenvalue weighted by molar-refractivity contribution is -0.141. The van der Waals surface area contributed by atoms with E-state index < -0.39 is 11.9 Å². The Morgan fingerprint density at radius 2 is 1.58 bits per heavy atom. The van der Waals surface area contributed by atoms with Gasteiger partial charge in [-0.1, -0.05) is 11.3 Å². The number of carbonyl (C=O) groups is 2. The fourth-order valence-electron chi connectivity index (χ4n) is 4.25. The number of hydrogen-bond acceptors (Lipinski definition) is 9. The molecule has 1 aliphatic rings. The second-order valence-electron chi connectivity index (χ2n) is 7.86. The first-order valence-electron chi connectivity index (χ1n) is 10.9. The number of ether oxygens (including phenoxy) is 5. The average molecular weight is 515 g/mol. The van der Waals surface area contributed by atoms with Crippen LogP contribution in [0.1, 0.15) is 22.8 Å². The van der Waals surface area contributed by atoms with Crippen LogP contribution in [0.25, 0.3) is 0 Å². The number of hydrogen-bond donors (Lipinski definition) is 0. The largest absolute Gasteiger partial charge is 0.497 e. The summed E-state index contributed by atoms with van der Waals surface area (Å²) < 4.78 is 27.7. The van der Waals surface area contributed by atoms with Crippen molar-refractivity contribution in [2.75, 3.05) is 40.4 Å². The second-order valence-corrected chi connectivity index (χ2v) is 8.85. The Morgan fingerprint density at radius 1 is 0.944 bits per heavy atom. The maximum Gasteiger partial charge on any atom is 0.325 e. The van der Waals surface area contributed by atoms with Crippen LogP contribution in [0.5, 0.6) is 23.0 Å². The summed E-state index contributed by atoms with van der Waals surface area (Å²) in [5.74, 6) is 0.901. The highest BCUT2D eigenvalue weighted by molar-refractivity contribution is 7.10. The molecule has 0 radical (unpaired) electrons. The zero-order chi connectivity index (χ0) is 26.0. The van der Waals surface area contributed by atoms with Crippen molar-refractivity contribution in [1.29, 1.82) is 0 Å². The van der Waals surface area contributed by atoms with Gasteiger partial charge in [0.1, 0.15) is 18.1 Å². The third-order valence-electron chi connectivity index (χ3n) is 5.99. The topological polar surface area (TPSA) is 106 Å². The van der Waals surface area contributed by atoms with Crippen molar-refractivity contribution >= 4 is 34.7 Å². The Kier molecular flexibility index (Phi) is 7.20. The second kappa shape index (κ2) is 10.3. The van der Waals surface area contributed by atoms with Crippen LogP contribution in [-0.2, 0) is 20.9 Å². The first-order chi connectivity index (χ1) is 17.4. The molecule has 1 atom stereocenters. The van der Waals surface area contributed by atoms with Crippen molar-refractivity contribution in [3.05, 3.63) is 56.5 Å². The lowest BCUT2D eigenvalue weighted by Gasteiger charge is -2.33. The lowest BCUT2D eigenvalue weighted by atomic mass is 9.89. The van der Waals surface area contributed by atoms with Crippen LogP contribution in [0.4, 0.5) is 11.5 Å². The van der Waals surface area contributed by atoms with Crippen LogP contribution < -0.4 is 28.7 Å². The fraction of sp³-hybridized carbons (Fsp3) is 0.320. The molecule has 1 aliphatic heterocycles. The molecule has 2 heterocycles.